The van der Waals surface area contributed by atoms with Crippen LogP contribution in [0.25, 0.3) is 5.69 Å². The lowest BCUT2D eigenvalue weighted by atomic mass is 10.1. The molecule has 1 saturated heterocycles. The summed E-state index contributed by atoms with van der Waals surface area (Å²) in [6.07, 6.45) is -0.983. The van der Waals surface area contributed by atoms with Gasteiger partial charge in [0.05, 0.1) is 22.7 Å². The molecule has 0 saturated carbocycles. The van der Waals surface area contributed by atoms with Crippen molar-refractivity contribution in [3.8, 4) is 5.69 Å². The number of amides is 1. The second-order valence-corrected chi connectivity index (χ2v) is 8.52. The summed E-state index contributed by atoms with van der Waals surface area (Å²) in [4.78, 5) is 14.6. The van der Waals surface area contributed by atoms with Gasteiger partial charge in [-0.25, -0.2) is 0 Å². The van der Waals surface area contributed by atoms with E-state index in [4.69, 9.17) is 0 Å². The second-order valence-electron chi connectivity index (χ2n) is 7.58. The van der Waals surface area contributed by atoms with Crippen molar-refractivity contribution in [1.82, 2.24) is 14.8 Å². The Bertz CT molecular complexity index is 1090. The molecule has 1 aromatic heterocycles. The van der Waals surface area contributed by atoms with Crippen molar-refractivity contribution in [2.24, 2.45) is 0 Å². The van der Waals surface area contributed by atoms with Crippen molar-refractivity contribution in [3.63, 3.8) is 0 Å². The highest BCUT2D eigenvalue weighted by Gasteiger charge is 2.32. The van der Waals surface area contributed by atoms with E-state index in [-0.39, 0.29) is 11.4 Å². The lowest BCUT2D eigenvalue weighted by Gasteiger charge is -2.23. The van der Waals surface area contributed by atoms with Crippen molar-refractivity contribution >= 4 is 29.0 Å². The Hall–Kier alpha value is -3.01. The normalized spacial score (nSPS) is 14.1. The van der Waals surface area contributed by atoms with Gasteiger partial charge in [0.1, 0.15) is 6.33 Å². The Morgan fingerprint density at radius 1 is 1.12 bits per heavy atom. The van der Waals surface area contributed by atoms with Crippen LogP contribution in [0.4, 0.5) is 24.5 Å². The highest BCUT2D eigenvalue weighted by Crippen LogP contribution is 2.36. The van der Waals surface area contributed by atoms with Gasteiger partial charge in [0.25, 0.3) is 0 Å². The van der Waals surface area contributed by atoms with Crippen molar-refractivity contribution < 1.29 is 18.0 Å². The van der Waals surface area contributed by atoms with Gasteiger partial charge >= 0.3 is 6.18 Å². The van der Waals surface area contributed by atoms with Crippen LogP contribution in [0.2, 0.25) is 0 Å². The van der Waals surface area contributed by atoms with Crippen molar-refractivity contribution in [2.75, 3.05) is 29.1 Å². The molecule has 0 aliphatic carbocycles. The standard InChI is InChI=1S/C22H22F3N5OS/c1-15-4-7-17(8-5-15)30-14-26-28-21(30)32-13-20(31)27-18-12-16(22(23,24)25)6-9-19(18)29-10-2-3-11-29/h4-9,12,14H,2-3,10-11,13H2,1H3,(H,27,31). The van der Waals surface area contributed by atoms with Gasteiger partial charge in [0, 0.05) is 18.8 Å². The molecule has 1 N–H and O–H groups in total. The van der Waals surface area contributed by atoms with Crippen molar-refractivity contribution in [2.45, 2.75) is 31.1 Å². The predicted octanol–water partition coefficient (Wildman–Crippen LogP) is 4.93. The number of anilines is 2. The number of halogens is 3. The quantitative estimate of drug-likeness (QED) is 0.528. The Morgan fingerprint density at radius 2 is 1.84 bits per heavy atom. The Labute approximate surface area is 187 Å². The first-order chi connectivity index (χ1) is 15.3. The van der Waals surface area contributed by atoms with E-state index in [1.807, 2.05) is 36.1 Å². The second kappa shape index (κ2) is 9.23. The maximum absolute atomic E-state index is 13.2. The number of carbonyl (C=O) groups is 1. The number of hydrogen-bond acceptors (Lipinski definition) is 5. The molecule has 0 radical (unpaired) electrons. The summed E-state index contributed by atoms with van der Waals surface area (Å²) in [5, 5.41) is 11.2. The highest BCUT2D eigenvalue weighted by molar-refractivity contribution is 7.99. The number of nitrogens with zero attached hydrogens (tertiary/aromatic N) is 4. The summed E-state index contributed by atoms with van der Waals surface area (Å²) < 4.78 is 41.5. The Balaban J connectivity index is 1.49. The maximum Gasteiger partial charge on any atom is 0.416 e. The summed E-state index contributed by atoms with van der Waals surface area (Å²) in [5.41, 5.74) is 1.97. The van der Waals surface area contributed by atoms with Gasteiger partial charge in [-0.1, -0.05) is 29.5 Å². The van der Waals surface area contributed by atoms with Crippen LogP contribution in [0.15, 0.2) is 53.9 Å². The summed E-state index contributed by atoms with van der Waals surface area (Å²) in [5.74, 6) is -0.423. The average Bonchev–Trinajstić information content (AvgIpc) is 3.44. The van der Waals surface area contributed by atoms with E-state index in [0.29, 0.717) is 10.8 Å². The topological polar surface area (TPSA) is 63.1 Å². The fourth-order valence-corrected chi connectivity index (χ4v) is 4.30. The Kier molecular flexibility index (Phi) is 6.40. The van der Waals surface area contributed by atoms with E-state index in [2.05, 4.69) is 15.5 Å². The van der Waals surface area contributed by atoms with Gasteiger partial charge in [-0.2, -0.15) is 13.2 Å². The molecule has 3 aromatic rings. The lowest BCUT2D eigenvalue weighted by Crippen LogP contribution is -2.22. The van der Waals surface area contributed by atoms with Gasteiger partial charge in [-0.05, 0) is 50.1 Å². The predicted molar refractivity (Wildman–Crippen MR) is 118 cm³/mol. The first kappa shape index (κ1) is 22.2. The van der Waals surface area contributed by atoms with E-state index in [1.54, 1.807) is 10.9 Å². The third-order valence-electron chi connectivity index (χ3n) is 5.21. The molecule has 0 bridgehead atoms. The molecule has 4 rings (SSSR count). The highest BCUT2D eigenvalue weighted by atomic mass is 32.2. The molecule has 6 nitrogen and oxygen atoms in total. The number of rotatable bonds is 6. The number of hydrogen-bond donors (Lipinski definition) is 1. The largest absolute Gasteiger partial charge is 0.416 e. The zero-order valence-electron chi connectivity index (χ0n) is 17.4. The van der Waals surface area contributed by atoms with E-state index in [1.165, 1.54) is 17.8 Å². The fraction of sp³-hybridized carbons (Fsp3) is 0.318. The van der Waals surface area contributed by atoms with Gasteiger partial charge in [0.2, 0.25) is 5.91 Å². The molecule has 1 amide bonds. The first-order valence-electron chi connectivity index (χ1n) is 10.2. The maximum atomic E-state index is 13.2. The molecule has 10 heteroatoms. The molecule has 0 atom stereocenters. The molecule has 1 aliphatic rings. The fourth-order valence-electron chi connectivity index (χ4n) is 3.57. The number of thioether (sulfide) groups is 1. The number of carbonyl (C=O) groups excluding carboxylic acids is 1. The van der Waals surface area contributed by atoms with Gasteiger partial charge in [-0.15, -0.1) is 10.2 Å². The molecule has 168 valence electrons. The summed E-state index contributed by atoms with van der Waals surface area (Å²) in [7, 11) is 0. The number of alkyl halides is 3. The van der Waals surface area contributed by atoms with Crippen LogP contribution >= 0.6 is 11.8 Å². The third-order valence-corrected chi connectivity index (χ3v) is 6.15. The lowest BCUT2D eigenvalue weighted by molar-refractivity contribution is -0.137. The smallest absolute Gasteiger partial charge is 0.370 e. The van der Waals surface area contributed by atoms with Crippen LogP contribution in [0.3, 0.4) is 0 Å². The van der Waals surface area contributed by atoms with Crippen molar-refractivity contribution in [1.29, 1.82) is 0 Å². The van der Waals surface area contributed by atoms with Crippen LogP contribution in [0, 0.1) is 6.92 Å². The van der Waals surface area contributed by atoms with E-state index in [0.717, 1.165) is 49.3 Å². The number of benzene rings is 2. The third kappa shape index (κ3) is 5.07. The van der Waals surface area contributed by atoms with Gasteiger partial charge < -0.3 is 10.2 Å². The Morgan fingerprint density at radius 3 is 2.53 bits per heavy atom. The number of aryl methyl sites for hydroxylation is 1. The molecule has 0 unspecified atom stereocenters. The average molecular weight is 462 g/mol. The van der Waals surface area contributed by atoms with Crippen molar-refractivity contribution in [3.05, 3.63) is 59.9 Å². The zero-order chi connectivity index (χ0) is 22.7. The molecule has 1 fully saturated rings. The molecule has 0 spiro atoms. The van der Waals surface area contributed by atoms with E-state index < -0.39 is 17.6 Å². The molecule has 2 heterocycles. The van der Waals surface area contributed by atoms with E-state index >= 15 is 0 Å². The zero-order valence-corrected chi connectivity index (χ0v) is 18.2. The van der Waals surface area contributed by atoms with E-state index in [9.17, 15) is 18.0 Å². The number of nitrogens with one attached hydrogen (secondary N) is 1. The summed E-state index contributed by atoms with van der Waals surface area (Å²) >= 11 is 1.17. The molecule has 2 aromatic carbocycles. The first-order valence-corrected chi connectivity index (χ1v) is 11.2. The monoisotopic (exact) mass is 461 g/mol. The van der Waals surface area contributed by atoms with Crippen LogP contribution < -0.4 is 10.2 Å². The molecule has 32 heavy (non-hydrogen) atoms. The van der Waals surface area contributed by atoms with Crippen LogP contribution in [-0.4, -0.2) is 39.5 Å². The van der Waals surface area contributed by atoms with Crippen LogP contribution in [-0.2, 0) is 11.0 Å². The molecular weight excluding hydrogens is 439 g/mol. The minimum atomic E-state index is -4.48. The molecular formula is C22H22F3N5OS. The van der Waals surface area contributed by atoms with Crippen LogP contribution in [0.5, 0.6) is 0 Å². The summed E-state index contributed by atoms with van der Waals surface area (Å²) in [6, 6.07) is 11.3. The molecule has 1 aliphatic heterocycles. The SMILES string of the molecule is Cc1ccc(-n2cnnc2SCC(=O)Nc2cc(C(F)(F)F)ccc2N2CCCC2)cc1. The van der Waals surface area contributed by atoms with Gasteiger partial charge in [-0.3, -0.25) is 9.36 Å². The summed E-state index contributed by atoms with van der Waals surface area (Å²) in [6.45, 7) is 3.49. The minimum Gasteiger partial charge on any atom is -0.370 e. The van der Waals surface area contributed by atoms with Crippen LogP contribution in [0.1, 0.15) is 24.0 Å². The van der Waals surface area contributed by atoms with Gasteiger partial charge in [0.15, 0.2) is 5.16 Å². The minimum absolute atomic E-state index is 0.0137. The number of aromatic nitrogens is 3.